The van der Waals surface area contributed by atoms with Crippen LogP contribution in [0.1, 0.15) is 0 Å². The van der Waals surface area contributed by atoms with E-state index >= 15 is 0 Å². The number of halogens is 1. The normalized spacial score (nSPS) is 11.2. The van der Waals surface area contributed by atoms with Gasteiger partial charge in [0.15, 0.2) is 0 Å². The van der Waals surface area contributed by atoms with E-state index in [1.165, 1.54) is 108 Å². The minimum Gasteiger partial charge on any atom is -0.0616 e. The molecule has 0 atom stereocenters. The summed E-state index contributed by atoms with van der Waals surface area (Å²) in [6.45, 7) is 0. The number of fused-ring (bicyclic) bond motifs is 8. The molecule has 1 nitrogen and oxygen atoms in total. The van der Waals surface area contributed by atoms with Gasteiger partial charge in [-0.1, -0.05) is 194 Å². The summed E-state index contributed by atoms with van der Waals surface area (Å²) in [4.78, 5) is 0. The molecule has 281 valence electrons. The van der Waals surface area contributed by atoms with Crippen LogP contribution in [0.3, 0.4) is 0 Å². The van der Waals surface area contributed by atoms with E-state index in [2.05, 4.69) is 253 Å². The van der Waals surface area contributed by atoms with Gasteiger partial charge in [0.25, 0.3) is 0 Å². The van der Waals surface area contributed by atoms with E-state index in [1.807, 2.05) is 0 Å². The molecule has 0 bridgehead atoms. The quantitative estimate of drug-likeness (QED) is 0.101. The maximum absolute atomic E-state index is 4.34. The van der Waals surface area contributed by atoms with E-state index in [1.54, 1.807) is 0 Å². The Labute approximate surface area is 363 Å². The Morgan fingerprint density at radius 3 is 0.683 bits per heavy atom. The second kappa shape index (κ2) is 16.2. The molecule has 0 aliphatic carbocycles. The van der Waals surface area contributed by atoms with Crippen molar-refractivity contribution in [3.63, 3.8) is 0 Å². The summed E-state index contributed by atoms with van der Waals surface area (Å²) in [6.07, 6.45) is 0. The van der Waals surface area contributed by atoms with Crippen LogP contribution in [0.25, 0.3) is 108 Å². The zero-order valence-corrected chi connectivity index (χ0v) is 35.0. The van der Waals surface area contributed by atoms with Crippen LogP contribution >= 0.6 is 28.7 Å². The second-order valence-electron chi connectivity index (χ2n) is 15.0. The monoisotopic (exact) mass is 844 g/mol. The molecule has 0 spiro atoms. The van der Waals surface area contributed by atoms with Gasteiger partial charge in [-0.15, -0.1) is 0 Å². The van der Waals surface area contributed by atoms with Gasteiger partial charge in [0.2, 0.25) is 0 Å². The van der Waals surface area contributed by atoms with Crippen molar-refractivity contribution in [2.45, 2.75) is 0 Å². The molecule has 0 N–H and O–H groups in total. The molecule has 4 heteroatoms. The fourth-order valence-corrected chi connectivity index (χ4v) is 9.89. The van der Waals surface area contributed by atoms with Crippen LogP contribution in [-0.2, 0) is 0 Å². The molecule has 0 aromatic heterocycles. The molecular formula is C56H36BBrNS. The van der Waals surface area contributed by atoms with Crippen LogP contribution in [0.4, 0.5) is 0 Å². The number of thiol groups is 1. The molecule has 12 rings (SSSR count). The van der Waals surface area contributed by atoms with E-state index in [0.29, 0.717) is 0 Å². The summed E-state index contributed by atoms with van der Waals surface area (Å²) in [5, 5.41) is 20.6. The first kappa shape index (κ1) is 37.7. The number of rotatable bonds is 2. The van der Waals surface area contributed by atoms with Crippen LogP contribution in [0, 0.1) is 0 Å². The van der Waals surface area contributed by atoms with Gasteiger partial charge < -0.3 is 0 Å². The second-order valence-corrected chi connectivity index (χ2v) is 16.0. The Hall–Kier alpha value is -6.59. The Morgan fingerprint density at radius 1 is 0.283 bits per heavy atom. The standard InChI is InChI=1S/C28H17Br.C28H18.BHNS/c29-28-24-15-7-5-13-22(24)27(23-14-6-8-16-25(23)28)26-20-11-3-1-9-18(20)17-19-10-2-4-12-21(19)26;1-5-13-23-19(9-1)17-20-10-2-6-14-24(20)27(23)28-25-15-7-3-11-21(25)18-22-12-4-8-16-26(22)28;1-2-3/h1-17H;1-18H;3H. The number of benzene rings is 12. The van der Waals surface area contributed by atoms with Crippen LogP contribution in [0.5, 0.6) is 0 Å². The molecule has 0 aliphatic heterocycles. The minimum absolute atomic E-state index is 1.16. The average Bonchev–Trinajstić information content (AvgIpc) is 3.30. The third-order valence-electron chi connectivity index (χ3n) is 11.7. The smallest absolute Gasteiger partial charge is 0.00143 e. The van der Waals surface area contributed by atoms with Crippen molar-refractivity contribution in [1.29, 1.82) is 0 Å². The van der Waals surface area contributed by atoms with Crippen molar-refractivity contribution >= 4 is 123 Å². The number of nitrogens with zero attached hydrogens (tertiary/aromatic N) is 1. The van der Waals surface area contributed by atoms with Crippen molar-refractivity contribution in [2.24, 2.45) is 4.30 Å². The van der Waals surface area contributed by atoms with E-state index in [-0.39, 0.29) is 0 Å². The van der Waals surface area contributed by atoms with Gasteiger partial charge in [-0.2, -0.15) is 0 Å². The molecule has 0 saturated carbocycles. The molecular weight excluding hydrogens is 809 g/mol. The van der Waals surface area contributed by atoms with Gasteiger partial charge in [0.05, 0.1) is 0 Å². The van der Waals surface area contributed by atoms with Crippen LogP contribution < -0.4 is 0 Å². The average molecular weight is 846 g/mol. The van der Waals surface area contributed by atoms with Crippen LogP contribution in [0.2, 0.25) is 0 Å². The predicted molar refractivity (Wildman–Crippen MR) is 269 cm³/mol. The summed E-state index contributed by atoms with van der Waals surface area (Å²) < 4.78 is 3.86. The fraction of sp³-hybridized carbons (Fsp3) is 0. The summed E-state index contributed by atoms with van der Waals surface area (Å²) in [5.41, 5.74) is 5.30. The molecule has 0 aliphatic rings. The molecule has 0 heterocycles. The van der Waals surface area contributed by atoms with Gasteiger partial charge in [0.1, 0.15) is 0 Å². The summed E-state index contributed by atoms with van der Waals surface area (Å²) >= 11 is 7.08. The van der Waals surface area contributed by atoms with Gasteiger partial charge in [-0.3, -0.25) is 0 Å². The van der Waals surface area contributed by atoms with Crippen molar-refractivity contribution in [3.05, 3.63) is 217 Å². The third kappa shape index (κ3) is 6.53. The Bertz CT molecular complexity index is 3280. The summed E-state index contributed by atoms with van der Waals surface area (Å²) in [6, 6.07) is 76.8. The molecule has 12 aromatic carbocycles. The number of hydrogen-bond donors (Lipinski definition) is 1. The number of hydrogen-bond acceptors (Lipinski definition) is 2. The fourth-order valence-electron chi connectivity index (χ4n) is 9.19. The molecule has 0 amide bonds. The van der Waals surface area contributed by atoms with Gasteiger partial charge in [0, 0.05) is 4.47 Å². The Kier molecular flexibility index (Phi) is 10.2. The molecule has 12 aromatic rings. The van der Waals surface area contributed by atoms with Crippen LogP contribution in [0.15, 0.2) is 221 Å². The topological polar surface area (TPSA) is 12.4 Å². The van der Waals surface area contributed by atoms with E-state index in [0.717, 1.165) is 4.47 Å². The van der Waals surface area contributed by atoms with Crippen molar-refractivity contribution < 1.29 is 0 Å². The summed E-state index contributed by atoms with van der Waals surface area (Å²) in [5.74, 6) is 0. The largest absolute Gasteiger partial charge is 0.0616 e. The van der Waals surface area contributed by atoms with Gasteiger partial charge in [-0.25, -0.2) is 0 Å². The minimum atomic E-state index is 1.16. The van der Waals surface area contributed by atoms with E-state index in [9.17, 15) is 0 Å². The first-order valence-corrected chi connectivity index (χ1v) is 21.2. The van der Waals surface area contributed by atoms with E-state index in [4.69, 9.17) is 0 Å². The maximum atomic E-state index is 4.34. The SMILES string of the molecule is Brc1c2ccccc2c(-c2c3ccccc3cc3ccccc23)c2ccccc12.[B]=NS.c1ccc2c(-c3c4ccccc4cc4ccccc34)c3ccccc3cc2c1. The zero-order valence-electron chi connectivity index (χ0n) is 32.6. The molecule has 0 saturated heterocycles. The molecule has 1 radical (unpaired) electrons. The summed E-state index contributed by atoms with van der Waals surface area (Å²) in [7, 11) is 4.34. The molecule has 60 heavy (non-hydrogen) atoms. The van der Waals surface area contributed by atoms with Gasteiger partial charge in [-0.05, 0) is 143 Å². The van der Waals surface area contributed by atoms with Crippen molar-refractivity contribution in [3.8, 4) is 22.3 Å². The first-order chi connectivity index (χ1) is 29.6. The van der Waals surface area contributed by atoms with Gasteiger partial charge >= 0.3 is 24.8 Å². The van der Waals surface area contributed by atoms with Crippen molar-refractivity contribution in [2.75, 3.05) is 0 Å². The third-order valence-corrected chi connectivity index (χ3v) is 12.5. The maximum Gasteiger partial charge on any atom is -0.00143 e. The Balaban J connectivity index is 0.000000136. The van der Waals surface area contributed by atoms with Crippen molar-refractivity contribution in [1.82, 2.24) is 0 Å². The molecule has 0 fully saturated rings. The zero-order chi connectivity index (χ0) is 40.6. The predicted octanol–water partition coefficient (Wildman–Crippen LogP) is 16.9. The Morgan fingerprint density at radius 2 is 0.450 bits per heavy atom. The molecule has 0 unspecified atom stereocenters. The van der Waals surface area contributed by atoms with Crippen LogP contribution in [-0.4, -0.2) is 7.64 Å². The van der Waals surface area contributed by atoms with E-state index < -0.39 is 0 Å². The first-order valence-electron chi connectivity index (χ1n) is 20.0.